The van der Waals surface area contributed by atoms with E-state index in [2.05, 4.69) is 18.9 Å². The highest BCUT2D eigenvalue weighted by Crippen LogP contribution is 2.21. The number of benzene rings is 1. The molecule has 0 saturated carbocycles. The van der Waals surface area contributed by atoms with Crippen molar-refractivity contribution in [2.45, 2.75) is 33.2 Å². The summed E-state index contributed by atoms with van der Waals surface area (Å²) in [5, 5.41) is 5.36. The molecule has 21 heavy (non-hydrogen) atoms. The topological polar surface area (TPSA) is 48.0 Å². The summed E-state index contributed by atoms with van der Waals surface area (Å²) in [7, 11) is 0. The lowest BCUT2D eigenvalue weighted by Gasteiger charge is -2.03. The molecule has 0 radical (unpaired) electrons. The average molecular weight is 282 g/mol. The minimum atomic E-state index is -0.0436. The second-order valence-electron chi connectivity index (χ2n) is 5.63. The zero-order chi connectivity index (χ0) is 15.0. The van der Waals surface area contributed by atoms with Gasteiger partial charge in [-0.25, -0.2) is 0 Å². The highest BCUT2D eigenvalue weighted by molar-refractivity contribution is 5.98. The van der Waals surface area contributed by atoms with Crippen LogP contribution in [0, 0.1) is 6.92 Å². The van der Waals surface area contributed by atoms with Crippen LogP contribution in [0.2, 0.25) is 0 Å². The van der Waals surface area contributed by atoms with Crippen LogP contribution >= 0.6 is 0 Å². The van der Waals surface area contributed by atoms with Crippen LogP contribution < -0.4 is 0 Å². The minimum Gasteiger partial charge on any atom is -0.453 e. The Balaban J connectivity index is 1.82. The minimum absolute atomic E-state index is 0.0436. The number of hydrogen-bond donors (Lipinski definition) is 0. The summed E-state index contributed by atoms with van der Waals surface area (Å²) in [5.41, 5.74) is 2.67. The molecule has 0 aliphatic rings. The van der Waals surface area contributed by atoms with Crippen LogP contribution in [0.5, 0.6) is 0 Å². The van der Waals surface area contributed by atoms with E-state index in [1.54, 1.807) is 0 Å². The zero-order valence-corrected chi connectivity index (χ0v) is 12.5. The molecule has 0 spiro atoms. The monoisotopic (exact) mass is 282 g/mol. The normalized spacial score (nSPS) is 11.4. The van der Waals surface area contributed by atoms with Crippen molar-refractivity contribution in [2.24, 2.45) is 0 Å². The van der Waals surface area contributed by atoms with Gasteiger partial charge in [0.2, 0.25) is 5.78 Å². The van der Waals surface area contributed by atoms with Gasteiger partial charge in [0.1, 0.15) is 5.58 Å². The number of hydrogen-bond acceptors (Lipinski definition) is 3. The summed E-state index contributed by atoms with van der Waals surface area (Å²) in [6.07, 6.45) is 2.16. The van der Waals surface area contributed by atoms with Gasteiger partial charge in [-0.3, -0.25) is 9.48 Å². The average Bonchev–Trinajstić information content (AvgIpc) is 3.04. The van der Waals surface area contributed by atoms with E-state index in [-0.39, 0.29) is 12.2 Å². The van der Waals surface area contributed by atoms with Gasteiger partial charge < -0.3 is 4.42 Å². The quantitative estimate of drug-likeness (QED) is 0.681. The Morgan fingerprint density at radius 2 is 2.10 bits per heavy atom. The molecule has 2 heterocycles. The second kappa shape index (κ2) is 5.20. The van der Waals surface area contributed by atoms with Crippen molar-refractivity contribution in [3.63, 3.8) is 0 Å². The maximum atomic E-state index is 12.3. The third kappa shape index (κ3) is 2.75. The summed E-state index contributed by atoms with van der Waals surface area (Å²) >= 11 is 0. The number of rotatable bonds is 4. The molecule has 0 aliphatic heterocycles. The number of furan rings is 1. The van der Waals surface area contributed by atoms with Crippen molar-refractivity contribution in [1.29, 1.82) is 0 Å². The second-order valence-corrected chi connectivity index (χ2v) is 5.63. The molecule has 3 rings (SSSR count). The molecule has 0 unspecified atom stereocenters. The lowest BCUT2D eigenvalue weighted by Crippen LogP contribution is -2.05. The van der Waals surface area contributed by atoms with E-state index < -0.39 is 0 Å². The van der Waals surface area contributed by atoms with Crippen molar-refractivity contribution >= 4 is 16.8 Å². The van der Waals surface area contributed by atoms with Gasteiger partial charge in [-0.05, 0) is 45.0 Å². The summed E-state index contributed by atoms with van der Waals surface area (Å²) in [6.45, 7) is 6.13. The molecule has 0 N–H and O–H groups in total. The Morgan fingerprint density at radius 1 is 1.29 bits per heavy atom. The molecule has 0 atom stereocenters. The van der Waals surface area contributed by atoms with E-state index in [1.165, 1.54) is 0 Å². The molecule has 0 amide bonds. The largest absolute Gasteiger partial charge is 0.453 e. The highest BCUT2D eigenvalue weighted by atomic mass is 16.3. The smallest absolute Gasteiger partial charge is 0.204 e. The van der Waals surface area contributed by atoms with E-state index in [9.17, 15) is 4.79 Å². The van der Waals surface area contributed by atoms with E-state index in [4.69, 9.17) is 4.42 Å². The van der Waals surface area contributed by atoms with Gasteiger partial charge in [0.25, 0.3) is 0 Å². The first kappa shape index (κ1) is 13.6. The van der Waals surface area contributed by atoms with Crippen LogP contribution in [0.25, 0.3) is 11.0 Å². The zero-order valence-electron chi connectivity index (χ0n) is 12.5. The number of fused-ring (bicyclic) bond motifs is 1. The standard InChI is InChI=1S/C17H18N2O2/c1-11(2)19-7-6-14(18-19)10-15(20)17-9-13-8-12(3)4-5-16(13)21-17/h4-9,11H,10H2,1-3H3. The first-order chi connectivity index (χ1) is 10.0. The molecular formula is C17H18N2O2. The number of aromatic nitrogens is 2. The molecule has 4 nitrogen and oxygen atoms in total. The van der Waals surface area contributed by atoms with Crippen LogP contribution in [0.1, 0.15) is 41.7 Å². The molecular weight excluding hydrogens is 264 g/mol. The predicted molar refractivity (Wildman–Crippen MR) is 81.6 cm³/mol. The number of nitrogens with zero attached hydrogens (tertiary/aromatic N) is 2. The van der Waals surface area contributed by atoms with Crippen LogP contribution in [0.15, 0.2) is 40.9 Å². The summed E-state index contributed by atoms with van der Waals surface area (Å²) < 4.78 is 7.48. The summed E-state index contributed by atoms with van der Waals surface area (Å²) in [5.74, 6) is 0.354. The first-order valence-electron chi connectivity index (χ1n) is 7.10. The van der Waals surface area contributed by atoms with Gasteiger partial charge in [-0.1, -0.05) is 11.6 Å². The molecule has 1 aromatic carbocycles. The van der Waals surface area contributed by atoms with Gasteiger partial charge in [0.15, 0.2) is 5.76 Å². The Morgan fingerprint density at radius 3 is 2.81 bits per heavy atom. The molecule has 0 aliphatic carbocycles. The SMILES string of the molecule is Cc1ccc2oc(C(=O)Cc3ccn(C(C)C)n3)cc2c1. The fourth-order valence-corrected chi connectivity index (χ4v) is 2.31. The lowest BCUT2D eigenvalue weighted by atomic mass is 10.1. The van der Waals surface area contributed by atoms with Crippen LogP contribution in [0.3, 0.4) is 0 Å². The first-order valence-corrected chi connectivity index (χ1v) is 7.10. The van der Waals surface area contributed by atoms with Crippen molar-refractivity contribution in [3.8, 4) is 0 Å². The maximum Gasteiger partial charge on any atom is 0.204 e. The Bertz CT molecular complexity index is 796. The molecule has 108 valence electrons. The van der Waals surface area contributed by atoms with Gasteiger partial charge in [0, 0.05) is 17.6 Å². The van der Waals surface area contributed by atoms with E-state index in [0.29, 0.717) is 11.8 Å². The van der Waals surface area contributed by atoms with Crippen molar-refractivity contribution in [3.05, 3.63) is 53.5 Å². The van der Waals surface area contributed by atoms with Gasteiger partial charge in [-0.15, -0.1) is 0 Å². The number of aryl methyl sites for hydroxylation is 1. The van der Waals surface area contributed by atoms with E-state index in [1.807, 2.05) is 48.1 Å². The third-order valence-corrected chi connectivity index (χ3v) is 3.48. The Labute approximate surface area is 123 Å². The molecule has 2 aromatic heterocycles. The molecule has 4 heteroatoms. The van der Waals surface area contributed by atoms with Crippen molar-refractivity contribution in [1.82, 2.24) is 9.78 Å². The summed E-state index contributed by atoms with van der Waals surface area (Å²) in [6, 6.07) is 9.88. The van der Waals surface area contributed by atoms with Gasteiger partial charge in [-0.2, -0.15) is 5.10 Å². The molecule has 3 aromatic rings. The number of carbonyl (C=O) groups is 1. The fraction of sp³-hybridized carbons (Fsp3) is 0.294. The van der Waals surface area contributed by atoms with Crippen LogP contribution in [0.4, 0.5) is 0 Å². The highest BCUT2D eigenvalue weighted by Gasteiger charge is 2.15. The van der Waals surface area contributed by atoms with Crippen molar-refractivity contribution < 1.29 is 9.21 Å². The summed E-state index contributed by atoms with van der Waals surface area (Å²) in [4.78, 5) is 12.3. The lowest BCUT2D eigenvalue weighted by molar-refractivity contribution is 0.0967. The predicted octanol–water partition coefficient (Wildman–Crippen LogP) is 3.94. The van der Waals surface area contributed by atoms with Crippen LogP contribution in [-0.4, -0.2) is 15.6 Å². The van der Waals surface area contributed by atoms with Crippen molar-refractivity contribution in [2.75, 3.05) is 0 Å². The fourth-order valence-electron chi connectivity index (χ4n) is 2.31. The Kier molecular flexibility index (Phi) is 3.37. The van der Waals surface area contributed by atoms with Gasteiger partial charge >= 0.3 is 0 Å². The van der Waals surface area contributed by atoms with Gasteiger partial charge in [0.05, 0.1) is 12.1 Å². The number of Topliss-reactive ketones (excluding diaryl/α,β-unsaturated/α-hetero) is 1. The third-order valence-electron chi connectivity index (χ3n) is 3.48. The van der Waals surface area contributed by atoms with Crippen LogP contribution in [-0.2, 0) is 6.42 Å². The number of carbonyl (C=O) groups excluding carboxylic acids is 1. The molecule has 0 fully saturated rings. The molecule has 0 saturated heterocycles. The Hall–Kier alpha value is -2.36. The maximum absolute atomic E-state index is 12.3. The number of ketones is 1. The van der Waals surface area contributed by atoms with E-state index in [0.717, 1.165) is 22.2 Å². The van der Waals surface area contributed by atoms with E-state index >= 15 is 0 Å². The molecule has 0 bridgehead atoms.